The van der Waals surface area contributed by atoms with E-state index in [1.54, 1.807) is 11.9 Å². The molecule has 1 aromatic carbocycles. The fraction of sp³-hybridized carbons (Fsp3) is 0.462. The van der Waals surface area contributed by atoms with Crippen LogP contribution in [0, 0.1) is 0 Å². The summed E-state index contributed by atoms with van der Waals surface area (Å²) in [5.41, 5.74) is 1.89. The summed E-state index contributed by atoms with van der Waals surface area (Å²) >= 11 is 5.99. The Bertz CT molecular complexity index is 462. The maximum Gasteiger partial charge on any atom is 0.264 e. The summed E-state index contributed by atoms with van der Waals surface area (Å²) in [6, 6.07) is 5.99. The standard InChI is InChI=1S/C13H17ClN2O2/c1-15(2)11(7-14)9-4-5-12-10(6-9)16(3)13(17)8-18-12/h4-6,11H,7-8H2,1-3H3. The quantitative estimate of drug-likeness (QED) is 0.785. The van der Waals surface area contributed by atoms with Crippen LogP contribution in [-0.4, -0.2) is 44.4 Å². The number of ether oxygens (including phenoxy) is 1. The number of hydrogen-bond donors (Lipinski definition) is 0. The number of halogens is 1. The molecule has 0 saturated heterocycles. The minimum Gasteiger partial charge on any atom is -0.482 e. The number of rotatable bonds is 3. The van der Waals surface area contributed by atoms with Crippen LogP contribution in [0.2, 0.25) is 0 Å². The number of hydrogen-bond acceptors (Lipinski definition) is 3. The van der Waals surface area contributed by atoms with Gasteiger partial charge in [0.25, 0.3) is 5.91 Å². The number of carbonyl (C=O) groups excluding carboxylic acids is 1. The highest BCUT2D eigenvalue weighted by Crippen LogP contribution is 2.34. The minimum atomic E-state index is -0.0353. The van der Waals surface area contributed by atoms with Gasteiger partial charge < -0.3 is 14.5 Å². The fourth-order valence-electron chi connectivity index (χ4n) is 2.02. The van der Waals surface area contributed by atoms with E-state index in [0.717, 1.165) is 17.0 Å². The van der Waals surface area contributed by atoms with Gasteiger partial charge in [-0.2, -0.15) is 0 Å². The molecule has 18 heavy (non-hydrogen) atoms. The Morgan fingerprint density at radius 2 is 2.22 bits per heavy atom. The zero-order valence-corrected chi connectivity index (χ0v) is 11.6. The van der Waals surface area contributed by atoms with Crippen molar-refractivity contribution >= 4 is 23.2 Å². The molecule has 0 fully saturated rings. The lowest BCUT2D eigenvalue weighted by atomic mass is 10.1. The van der Waals surface area contributed by atoms with Crippen LogP contribution < -0.4 is 9.64 Å². The second kappa shape index (κ2) is 5.16. The molecule has 1 amide bonds. The predicted molar refractivity (Wildman–Crippen MR) is 72.5 cm³/mol. The van der Waals surface area contributed by atoms with E-state index < -0.39 is 0 Å². The number of likely N-dealkylation sites (N-methyl/N-ethyl adjacent to an activating group) is 1. The van der Waals surface area contributed by atoms with Gasteiger partial charge in [-0.1, -0.05) is 6.07 Å². The molecule has 0 radical (unpaired) electrons. The molecule has 1 aliphatic rings. The average molecular weight is 269 g/mol. The number of benzene rings is 1. The zero-order chi connectivity index (χ0) is 13.3. The predicted octanol–water partition coefficient (Wildman–Crippen LogP) is 1.88. The van der Waals surface area contributed by atoms with Gasteiger partial charge in [0.05, 0.1) is 5.69 Å². The summed E-state index contributed by atoms with van der Waals surface area (Å²) in [4.78, 5) is 15.3. The van der Waals surface area contributed by atoms with E-state index in [9.17, 15) is 4.79 Å². The second-order valence-electron chi connectivity index (χ2n) is 4.60. The highest BCUT2D eigenvalue weighted by Gasteiger charge is 2.24. The van der Waals surface area contributed by atoms with Gasteiger partial charge in [0.15, 0.2) is 6.61 Å². The molecule has 5 heteroatoms. The maximum atomic E-state index is 11.6. The van der Waals surface area contributed by atoms with Gasteiger partial charge >= 0.3 is 0 Å². The van der Waals surface area contributed by atoms with E-state index in [1.165, 1.54) is 0 Å². The third-order valence-electron chi connectivity index (χ3n) is 3.22. The van der Waals surface area contributed by atoms with Crippen molar-refractivity contribution < 1.29 is 9.53 Å². The highest BCUT2D eigenvalue weighted by molar-refractivity contribution is 6.18. The smallest absolute Gasteiger partial charge is 0.264 e. The molecule has 0 aromatic heterocycles. The van der Waals surface area contributed by atoms with E-state index in [2.05, 4.69) is 4.90 Å². The molecule has 0 spiro atoms. The highest BCUT2D eigenvalue weighted by atomic mass is 35.5. The van der Waals surface area contributed by atoms with Crippen LogP contribution >= 0.6 is 11.6 Å². The van der Waals surface area contributed by atoms with Gasteiger partial charge in [-0.25, -0.2) is 0 Å². The van der Waals surface area contributed by atoms with Gasteiger partial charge in [0.2, 0.25) is 0 Å². The Balaban J connectivity index is 2.39. The van der Waals surface area contributed by atoms with Crippen molar-refractivity contribution in [3.05, 3.63) is 23.8 Å². The Morgan fingerprint density at radius 1 is 1.50 bits per heavy atom. The van der Waals surface area contributed by atoms with Crippen molar-refractivity contribution in [1.29, 1.82) is 0 Å². The first-order valence-electron chi connectivity index (χ1n) is 5.80. The van der Waals surface area contributed by atoms with Crippen LogP contribution in [0.25, 0.3) is 0 Å². The summed E-state index contributed by atoms with van der Waals surface area (Å²) in [6.45, 7) is 0.107. The maximum absolute atomic E-state index is 11.6. The topological polar surface area (TPSA) is 32.8 Å². The second-order valence-corrected chi connectivity index (χ2v) is 4.91. The number of amides is 1. The van der Waals surface area contributed by atoms with Crippen LogP contribution in [0.4, 0.5) is 5.69 Å². The van der Waals surface area contributed by atoms with Crippen LogP contribution in [0.15, 0.2) is 18.2 Å². The molecule has 1 unspecified atom stereocenters. The zero-order valence-electron chi connectivity index (χ0n) is 10.8. The molecular weight excluding hydrogens is 252 g/mol. The summed E-state index contributed by atoms with van der Waals surface area (Å²) in [5, 5.41) is 0. The number of anilines is 1. The van der Waals surface area contributed by atoms with Crippen molar-refractivity contribution in [2.75, 3.05) is 38.5 Å². The molecule has 4 nitrogen and oxygen atoms in total. The number of nitrogens with zero attached hydrogens (tertiary/aromatic N) is 2. The van der Waals surface area contributed by atoms with E-state index in [4.69, 9.17) is 16.3 Å². The number of carbonyl (C=O) groups is 1. The largest absolute Gasteiger partial charge is 0.482 e. The molecule has 0 saturated carbocycles. The molecular formula is C13H17ClN2O2. The Hall–Kier alpha value is -1.26. The van der Waals surface area contributed by atoms with Crippen LogP contribution in [0.5, 0.6) is 5.75 Å². The van der Waals surface area contributed by atoms with Gasteiger partial charge in [-0.3, -0.25) is 4.79 Å². The van der Waals surface area contributed by atoms with Gasteiger partial charge in [-0.15, -0.1) is 11.6 Å². The van der Waals surface area contributed by atoms with Crippen molar-refractivity contribution in [1.82, 2.24) is 4.90 Å². The van der Waals surface area contributed by atoms with Crippen LogP contribution in [0.3, 0.4) is 0 Å². The third-order valence-corrected chi connectivity index (χ3v) is 3.52. The van der Waals surface area contributed by atoms with Crippen molar-refractivity contribution in [2.45, 2.75) is 6.04 Å². The third kappa shape index (κ3) is 2.31. The van der Waals surface area contributed by atoms with Crippen molar-refractivity contribution in [3.63, 3.8) is 0 Å². The SMILES string of the molecule is CN1C(=O)COc2ccc(C(CCl)N(C)C)cc21. The van der Waals surface area contributed by atoms with Gasteiger partial charge in [-0.05, 0) is 31.8 Å². The Labute approximate surface area is 112 Å². The first-order valence-corrected chi connectivity index (χ1v) is 6.33. The lowest BCUT2D eigenvalue weighted by Crippen LogP contribution is -2.35. The summed E-state index contributed by atoms with van der Waals surface area (Å²) < 4.78 is 5.40. The molecule has 1 heterocycles. The molecule has 1 aromatic rings. The lowest BCUT2D eigenvalue weighted by molar-refractivity contribution is -0.120. The average Bonchev–Trinajstić information content (AvgIpc) is 2.35. The molecule has 0 aliphatic carbocycles. The summed E-state index contributed by atoms with van der Waals surface area (Å²) in [6.07, 6.45) is 0. The number of alkyl halides is 1. The van der Waals surface area contributed by atoms with Gasteiger partial charge in [0.1, 0.15) is 5.75 Å². The monoisotopic (exact) mass is 268 g/mol. The van der Waals surface area contributed by atoms with Gasteiger partial charge in [0, 0.05) is 19.0 Å². The van der Waals surface area contributed by atoms with Crippen molar-refractivity contribution in [2.24, 2.45) is 0 Å². The fourth-order valence-corrected chi connectivity index (χ4v) is 2.48. The van der Waals surface area contributed by atoms with Crippen LogP contribution in [-0.2, 0) is 4.79 Å². The summed E-state index contributed by atoms with van der Waals surface area (Å²) in [5.74, 6) is 1.21. The Kier molecular flexibility index (Phi) is 3.78. The summed E-state index contributed by atoms with van der Waals surface area (Å²) in [7, 11) is 5.73. The molecule has 98 valence electrons. The van der Waals surface area contributed by atoms with E-state index in [-0.39, 0.29) is 18.6 Å². The molecule has 1 aliphatic heterocycles. The van der Waals surface area contributed by atoms with Crippen LogP contribution in [0.1, 0.15) is 11.6 Å². The first-order chi connectivity index (χ1) is 8.54. The molecule has 2 rings (SSSR count). The molecule has 1 atom stereocenters. The molecule has 0 bridgehead atoms. The van der Waals surface area contributed by atoms with Crippen molar-refractivity contribution in [3.8, 4) is 5.75 Å². The lowest BCUT2D eigenvalue weighted by Gasteiger charge is -2.28. The molecule has 0 N–H and O–H groups in total. The van der Waals surface area contributed by atoms with E-state index in [0.29, 0.717) is 5.88 Å². The normalized spacial score (nSPS) is 16.5. The number of fused-ring (bicyclic) bond motifs is 1. The van der Waals surface area contributed by atoms with E-state index >= 15 is 0 Å². The van der Waals surface area contributed by atoms with E-state index in [1.807, 2.05) is 32.3 Å². The Morgan fingerprint density at radius 3 is 2.83 bits per heavy atom. The minimum absolute atomic E-state index is 0.0353. The first kappa shape index (κ1) is 13.2.